The van der Waals surface area contributed by atoms with E-state index in [-0.39, 0.29) is 22.3 Å². The molecule has 1 aliphatic rings. The van der Waals surface area contributed by atoms with E-state index in [1.54, 1.807) is 24.3 Å². The van der Waals surface area contributed by atoms with Gasteiger partial charge in [-0.15, -0.1) is 0 Å². The molecule has 0 spiro atoms. The van der Waals surface area contributed by atoms with Crippen LogP contribution in [-0.2, 0) is 0 Å². The molecule has 5 heteroatoms. The van der Waals surface area contributed by atoms with Gasteiger partial charge in [0.15, 0.2) is 11.6 Å². The van der Waals surface area contributed by atoms with Gasteiger partial charge in [0, 0.05) is 11.1 Å². The zero-order valence-corrected chi connectivity index (χ0v) is 11.7. The lowest BCUT2D eigenvalue weighted by atomic mass is 10.1. The summed E-state index contributed by atoms with van der Waals surface area (Å²) >= 11 is 0. The highest BCUT2D eigenvalue weighted by atomic mass is 16.4. The molecule has 3 rings (SSSR count). The summed E-state index contributed by atoms with van der Waals surface area (Å²) in [5.74, 6) is -2.10. The second kappa shape index (κ2) is 5.35. The molecule has 0 amide bonds. The Morgan fingerprint density at radius 1 is 1.04 bits per heavy atom. The first kappa shape index (κ1) is 14.4. The standard InChI is InChI=1S/C18H9NO4/c19-9-11-3-1-2-10(6-11)7-15-16(20)13-5-4-12(18(22)23)8-14(13)17(15)21/h1-8H,(H,22,23)/b15-7-. The van der Waals surface area contributed by atoms with Crippen molar-refractivity contribution in [3.63, 3.8) is 0 Å². The highest BCUT2D eigenvalue weighted by Crippen LogP contribution is 2.29. The number of rotatable bonds is 2. The van der Waals surface area contributed by atoms with Gasteiger partial charge in [0.1, 0.15) is 0 Å². The molecular formula is C18H9NO4. The molecule has 1 N–H and O–H groups in total. The Bertz CT molecular complexity index is 948. The molecule has 5 nitrogen and oxygen atoms in total. The number of aromatic carboxylic acids is 1. The first-order chi connectivity index (χ1) is 11.0. The zero-order chi connectivity index (χ0) is 16.6. The molecule has 0 bridgehead atoms. The van der Waals surface area contributed by atoms with Gasteiger partial charge in [-0.3, -0.25) is 9.59 Å². The summed E-state index contributed by atoms with van der Waals surface area (Å²) in [6.45, 7) is 0. The Balaban J connectivity index is 2.08. The first-order valence-electron chi connectivity index (χ1n) is 6.70. The molecule has 110 valence electrons. The Morgan fingerprint density at radius 2 is 1.78 bits per heavy atom. The number of carboxylic acids is 1. The SMILES string of the molecule is N#Cc1cccc(/C=C2/C(=O)c3ccc(C(=O)O)cc3C2=O)c1. The van der Waals surface area contributed by atoms with Gasteiger partial charge >= 0.3 is 5.97 Å². The summed E-state index contributed by atoms with van der Waals surface area (Å²) in [5, 5.41) is 17.9. The summed E-state index contributed by atoms with van der Waals surface area (Å²) in [6.07, 6.45) is 1.42. The van der Waals surface area contributed by atoms with Gasteiger partial charge in [-0.2, -0.15) is 5.26 Å². The van der Waals surface area contributed by atoms with Crippen molar-refractivity contribution in [1.82, 2.24) is 0 Å². The minimum absolute atomic E-state index is 0.0300. The number of carboxylic acid groups (broad SMARTS) is 1. The number of carbonyl (C=O) groups excluding carboxylic acids is 2. The van der Waals surface area contributed by atoms with Crippen LogP contribution in [0.1, 0.15) is 42.2 Å². The molecule has 0 saturated heterocycles. The van der Waals surface area contributed by atoms with Crippen LogP contribution in [0.15, 0.2) is 48.0 Å². The fourth-order valence-electron chi connectivity index (χ4n) is 2.45. The van der Waals surface area contributed by atoms with E-state index >= 15 is 0 Å². The van der Waals surface area contributed by atoms with Crippen molar-refractivity contribution in [1.29, 1.82) is 5.26 Å². The van der Waals surface area contributed by atoms with Crippen LogP contribution in [0.4, 0.5) is 0 Å². The lowest BCUT2D eigenvalue weighted by Gasteiger charge is -1.97. The zero-order valence-electron chi connectivity index (χ0n) is 11.7. The van der Waals surface area contributed by atoms with Crippen molar-refractivity contribution in [2.45, 2.75) is 0 Å². The topological polar surface area (TPSA) is 95.2 Å². The number of fused-ring (bicyclic) bond motifs is 1. The van der Waals surface area contributed by atoms with Crippen LogP contribution < -0.4 is 0 Å². The maximum absolute atomic E-state index is 12.4. The van der Waals surface area contributed by atoms with Gasteiger partial charge < -0.3 is 5.11 Å². The van der Waals surface area contributed by atoms with Crippen molar-refractivity contribution in [3.05, 3.63) is 75.9 Å². The molecule has 0 saturated carbocycles. The van der Waals surface area contributed by atoms with E-state index in [2.05, 4.69) is 0 Å². The highest BCUT2D eigenvalue weighted by Gasteiger charge is 2.33. The fourth-order valence-corrected chi connectivity index (χ4v) is 2.45. The number of hydrogen-bond donors (Lipinski definition) is 1. The van der Waals surface area contributed by atoms with Crippen LogP contribution in [-0.4, -0.2) is 22.6 Å². The van der Waals surface area contributed by atoms with Gasteiger partial charge in [-0.25, -0.2) is 4.79 Å². The monoisotopic (exact) mass is 303 g/mol. The van der Waals surface area contributed by atoms with Gasteiger partial charge in [0.25, 0.3) is 0 Å². The molecule has 0 fully saturated rings. The summed E-state index contributed by atoms with van der Waals surface area (Å²) in [5.41, 5.74) is 1.20. The van der Waals surface area contributed by atoms with Crippen molar-refractivity contribution in [3.8, 4) is 6.07 Å². The third-order valence-corrected chi connectivity index (χ3v) is 3.57. The molecule has 0 unspecified atom stereocenters. The Morgan fingerprint density at radius 3 is 2.48 bits per heavy atom. The summed E-state index contributed by atoms with van der Waals surface area (Å²) in [6, 6.07) is 12.4. The van der Waals surface area contributed by atoms with Crippen molar-refractivity contribution in [2.75, 3.05) is 0 Å². The quantitative estimate of drug-likeness (QED) is 0.679. The number of ketones is 2. The summed E-state index contributed by atoms with van der Waals surface area (Å²) < 4.78 is 0. The number of nitriles is 1. The lowest BCUT2D eigenvalue weighted by Crippen LogP contribution is -2.01. The molecule has 23 heavy (non-hydrogen) atoms. The average Bonchev–Trinajstić information content (AvgIpc) is 2.79. The number of nitrogens with zero attached hydrogens (tertiary/aromatic N) is 1. The van der Waals surface area contributed by atoms with E-state index in [9.17, 15) is 14.4 Å². The number of benzene rings is 2. The van der Waals surface area contributed by atoms with E-state index < -0.39 is 17.5 Å². The molecule has 2 aromatic rings. The van der Waals surface area contributed by atoms with Crippen LogP contribution in [0.3, 0.4) is 0 Å². The summed E-state index contributed by atoms with van der Waals surface area (Å²) in [7, 11) is 0. The van der Waals surface area contributed by atoms with E-state index in [1.807, 2.05) is 6.07 Å². The maximum Gasteiger partial charge on any atom is 0.335 e. The minimum Gasteiger partial charge on any atom is -0.478 e. The normalized spacial score (nSPS) is 14.7. The largest absolute Gasteiger partial charge is 0.478 e. The predicted molar refractivity (Wildman–Crippen MR) is 81.2 cm³/mol. The number of carbonyl (C=O) groups is 3. The lowest BCUT2D eigenvalue weighted by molar-refractivity contribution is 0.0696. The van der Waals surface area contributed by atoms with E-state index in [0.29, 0.717) is 11.1 Å². The molecule has 2 aromatic carbocycles. The second-order valence-corrected chi connectivity index (χ2v) is 5.02. The van der Waals surface area contributed by atoms with E-state index in [0.717, 1.165) is 0 Å². The van der Waals surface area contributed by atoms with Crippen molar-refractivity contribution < 1.29 is 19.5 Å². The molecule has 0 aromatic heterocycles. The predicted octanol–water partition coefficient (Wildman–Crippen LogP) is 2.72. The van der Waals surface area contributed by atoms with Crippen LogP contribution in [0.25, 0.3) is 6.08 Å². The van der Waals surface area contributed by atoms with Gasteiger partial charge in [-0.1, -0.05) is 12.1 Å². The smallest absolute Gasteiger partial charge is 0.335 e. The highest BCUT2D eigenvalue weighted by molar-refractivity contribution is 6.41. The van der Waals surface area contributed by atoms with Gasteiger partial charge in [-0.05, 0) is 42.0 Å². The molecule has 1 aliphatic carbocycles. The van der Waals surface area contributed by atoms with Crippen molar-refractivity contribution >= 4 is 23.6 Å². The maximum atomic E-state index is 12.4. The molecule has 0 radical (unpaired) electrons. The van der Waals surface area contributed by atoms with Crippen LogP contribution in [0.2, 0.25) is 0 Å². The fraction of sp³-hybridized carbons (Fsp3) is 0. The van der Waals surface area contributed by atoms with Gasteiger partial charge in [0.2, 0.25) is 0 Å². The Labute approximate surface area is 131 Å². The molecular weight excluding hydrogens is 294 g/mol. The van der Waals surface area contributed by atoms with E-state index in [1.165, 1.54) is 24.3 Å². The number of allylic oxidation sites excluding steroid dienone is 1. The van der Waals surface area contributed by atoms with E-state index in [4.69, 9.17) is 10.4 Å². The molecule has 0 heterocycles. The average molecular weight is 303 g/mol. The van der Waals surface area contributed by atoms with Crippen LogP contribution >= 0.6 is 0 Å². The third kappa shape index (κ3) is 2.43. The number of hydrogen-bond acceptors (Lipinski definition) is 4. The first-order valence-corrected chi connectivity index (χ1v) is 6.70. The Kier molecular flexibility index (Phi) is 3.36. The number of Topliss-reactive ketones (excluding diaryl/α,β-unsaturated/α-hetero) is 2. The second-order valence-electron chi connectivity index (χ2n) is 5.02. The molecule has 0 atom stereocenters. The van der Waals surface area contributed by atoms with Crippen LogP contribution in [0, 0.1) is 11.3 Å². The van der Waals surface area contributed by atoms with Crippen molar-refractivity contribution in [2.24, 2.45) is 0 Å². The van der Waals surface area contributed by atoms with Crippen LogP contribution in [0.5, 0.6) is 0 Å². The minimum atomic E-state index is -1.16. The van der Waals surface area contributed by atoms with Gasteiger partial charge in [0.05, 0.1) is 22.8 Å². The summed E-state index contributed by atoms with van der Waals surface area (Å²) in [4.78, 5) is 35.7. The molecule has 0 aliphatic heterocycles. The Hall–Kier alpha value is -3.52. The third-order valence-electron chi connectivity index (χ3n) is 3.57.